The monoisotopic (exact) mass is 303 g/mol. The van der Waals surface area contributed by atoms with Crippen LogP contribution in [0.3, 0.4) is 0 Å². The Kier molecular flexibility index (Phi) is 4.44. The van der Waals surface area contributed by atoms with Gasteiger partial charge in [-0.15, -0.1) is 0 Å². The summed E-state index contributed by atoms with van der Waals surface area (Å²) in [5.41, 5.74) is 0.856. The van der Waals surface area contributed by atoms with Crippen molar-refractivity contribution in [3.63, 3.8) is 0 Å². The Morgan fingerprint density at radius 3 is 2.68 bits per heavy atom. The lowest BCUT2D eigenvalue weighted by atomic mass is 10.2. The number of nitrogens with zero attached hydrogens (tertiary/aromatic N) is 1. The molecule has 1 heterocycles. The average molecular weight is 304 g/mol. The fourth-order valence-electron chi connectivity index (χ4n) is 2.06. The van der Waals surface area contributed by atoms with Crippen molar-refractivity contribution in [3.05, 3.63) is 35.9 Å². The SMILES string of the molecule is O=C(OCc1ccccc1)[C@H]1CCCN1S(=O)(=O)Cl. The topological polar surface area (TPSA) is 63.7 Å². The number of ether oxygens (including phenoxy) is 1. The van der Waals surface area contributed by atoms with E-state index in [1.165, 1.54) is 0 Å². The van der Waals surface area contributed by atoms with E-state index in [0.29, 0.717) is 12.8 Å². The molecule has 1 aromatic carbocycles. The molecular weight excluding hydrogens is 290 g/mol. The van der Waals surface area contributed by atoms with E-state index in [0.717, 1.165) is 9.87 Å². The van der Waals surface area contributed by atoms with Crippen LogP contribution in [0.2, 0.25) is 0 Å². The molecule has 7 heteroatoms. The van der Waals surface area contributed by atoms with E-state index in [-0.39, 0.29) is 13.2 Å². The van der Waals surface area contributed by atoms with Gasteiger partial charge in [-0.2, -0.15) is 12.7 Å². The maximum Gasteiger partial charge on any atom is 0.324 e. The maximum atomic E-state index is 11.9. The Bertz CT molecular complexity index is 546. The molecule has 1 atom stereocenters. The number of esters is 1. The first-order chi connectivity index (χ1) is 8.98. The fourth-order valence-corrected chi connectivity index (χ4v) is 3.40. The van der Waals surface area contributed by atoms with Crippen LogP contribution in [0.5, 0.6) is 0 Å². The van der Waals surface area contributed by atoms with Gasteiger partial charge in [-0.05, 0) is 18.4 Å². The van der Waals surface area contributed by atoms with Gasteiger partial charge in [0.05, 0.1) is 0 Å². The summed E-state index contributed by atoms with van der Waals surface area (Å²) in [6, 6.07) is 8.41. The highest BCUT2D eigenvalue weighted by Gasteiger charge is 2.38. The van der Waals surface area contributed by atoms with Crippen LogP contribution in [-0.4, -0.2) is 31.3 Å². The van der Waals surface area contributed by atoms with E-state index in [9.17, 15) is 13.2 Å². The minimum atomic E-state index is -3.87. The molecule has 0 N–H and O–H groups in total. The Balaban J connectivity index is 1.96. The molecular formula is C12H14ClNO4S. The van der Waals surface area contributed by atoms with Gasteiger partial charge in [0.1, 0.15) is 12.6 Å². The van der Waals surface area contributed by atoms with Gasteiger partial charge in [-0.1, -0.05) is 30.3 Å². The standard InChI is InChI=1S/C12H14ClNO4S/c13-19(16,17)14-8-4-7-11(14)12(15)18-9-10-5-2-1-3-6-10/h1-3,5-6,11H,4,7-9H2/t11-/m1/s1. The number of carbonyl (C=O) groups is 1. The summed E-state index contributed by atoms with van der Waals surface area (Å²) in [4.78, 5) is 11.9. The average Bonchev–Trinajstić information content (AvgIpc) is 2.86. The molecule has 0 radical (unpaired) electrons. The predicted molar refractivity (Wildman–Crippen MR) is 70.7 cm³/mol. The van der Waals surface area contributed by atoms with Crippen LogP contribution in [0.1, 0.15) is 18.4 Å². The zero-order valence-electron chi connectivity index (χ0n) is 10.2. The normalized spacial score (nSPS) is 20.4. The lowest BCUT2D eigenvalue weighted by Gasteiger charge is -2.19. The van der Waals surface area contributed by atoms with Gasteiger partial charge in [-0.3, -0.25) is 4.79 Å². The van der Waals surface area contributed by atoms with Crippen LogP contribution in [-0.2, 0) is 25.4 Å². The number of hydrogen-bond acceptors (Lipinski definition) is 4. The molecule has 0 unspecified atom stereocenters. The van der Waals surface area contributed by atoms with Gasteiger partial charge >= 0.3 is 15.2 Å². The van der Waals surface area contributed by atoms with Crippen LogP contribution < -0.4 is 0 Å². The molecule has 0 bridgehead atoms. The molecule has 1 aliphatic heterocycles. The van der Waals surface area contributed by atoms with Crippen LogP contribution >= 0.6 is 10.7 Å². The molecule has 1 saturated heterocycles. The second kappa shape index (κ2) is 5.90. The van der Waals surface area contributed by atoms with Gasteiger partial charge in [0.2, 0.25) is 0 Å². The van der Waals surface area contributed by atoms with E-state index < -0.39 is 21.2 Å². The largest absolute Gasteiger partial charge is 0.460 e. The van der Waals surface area contributed by atoms with Crippen molar-refractivity contribution in [3.8, 4) is 0 Å². The summed E-state index contributed by atoms with van der Waals surface area (Å²) in [6.07, 6.45) is 1.05. The Morgan fingerprint density at radius 1 is 1.37 bits per heavy atom. The molecule has 19 heavy (non-hydrogen) atoms. The lowest BCUT2D eigenvalue weighted by Crippen LogP contribution is -2.39. The first kappa shape index (κ1) is 14.3. The summed E-state index contributed by atoms with van der Waals surface area (Å²) >= 11 is 0. The van der Waals surface area contributed by atoms with E-state index >= 15 is 0 Å². The number of carbonyl (C=O) groups excluding carboxylic acids is 1. The van der Waals surface area contributed by atoms with Gasteiger partial charge < -0.3 is 4.74 Å². The molecule has 1 fully saturated rings. The van der Waals surface area contributed by atoms with E-state index in [4.69, 9.17) is 15.4 Å². The first-order valence-corrected chi connectivity index (χ1v) is 8.17. The molecule has 0 aliphatic carbocycles. The third kappa shape index (κ3) is 3.68. The van der Waals surface area contributed by atoms with E-state index in [1.54, 1.807) is 0 Å². The van der Waals surface area contributed by atoms with Crippen LogP contribution in [0.25, 0.3) is 0 Å². The number of hydrogen-bond donors (Lipinski definition) is 0. The quantitative estimate of drug-likeness (QED) is 0.627. The van der Waals surface area contributed by atoms with Crippen LogP contribution in [0, 0.1) is 0 Å². The minimum absolute atomic E-state index is 0.131. The maximum absolute atomic E-state index is 11.9. The summed E-state index contributed by atoms with van der Waals surface area (Å²) in [7, 11) is 1.41. The molecule has 0 saturated carbocycles. The molecule has 0 spiro atoms. The molecule has 0 aromatic heterocycles. The van der Waals surface area contributed by atoms with E-state index in [1.807, 2.05) is 30.3 Å². The van der Waals surface area contributed by atoms with Gasteiger partial charge in [0.25, 0.3) is 0 Å². The van der Waals surface area contributed by atoms with Crippen molar-refractivity contribution in [1.82, 2.24) is 4.31 Å². The van der Waals surface area contributed by atoms with Crippen molar-refractivity contribution in [2.24, 2.45) is 0 Å². The lowest BCUT2D eigenvalue weighted by molar-refractivity contribution is -0.148. The van der Waals surface area contributed by atoms with Gasteiger partial charge in [0.15, 0.2) is 0 Å². The first-order valence-electron chi connectivity index (χ1n) is 5.90. The highest BCUT2D eigenvalue weighted by Crippen LogP contribution is 2.24. The summed E-state index contributed by atoms with van der Waals surface area (Å²) < 4.78 is 28.7. The summed E-state index contributed by atoms with van der Waals surface area (Å²) in [5, 5.41) is 0. The number of halogens is 1. The Morgan fingerprint density at radius 2 is 2.05 bits per heavy atom. The summed E-state index contributed by atoms with van der Waals surface area (Å²) in [5.74, 6) is -0.550. The Labute approximate surface area is 116 Å². The molecule has 2 rings (SSSR count). The molecule has 1 aliphatic rings. The van der Waals surface area contributed by atoms with Crippen molar-refractivity contribution in [2.75, 3.05) is 6.54 Å². The van der Waals surface area contributed by atoms with Gasteiger partial charge in [0, 0.05) is 17.2 Å². The minimum Gasteiger partial charge on any atom is -0.460 e. The van der Waals surface area contributed by atoms with Crippen molar-refractivity contribution in [2.45, 2.75) is 25.5 Å². The van der Waals surface area contributed by atoms with Crippen molar-refractivity contribution < 1.29 is 17.9 Å². The van der Waals surface area contributed by atoms with Gasteiger partial charge in [-0.25, -0.2) is 0 Å². The Hall–Kier alpha value is -1.11. The van der Waals surface area contributed by atoms with E-state index in [2.05, 4.69) is 0 Å². The van der Waals surface area contributed by atoms with Crippen molar-refractivity contribution in [1.29, 1.82) is 0 Å². The molecule has 0 amide bonds. The number of rotatable bonds is 4. The highest BCUT2D eigenvalue weighted by molar-refractivity contribution is 8.11. The molecule has 104 valence electrons. The smallest absolute Gasteiger partial charge is 0.324 e. The predicted octanol–water partition coefficient (Wildman–Crippen LogP) is 1.68. The van der Waals surface area contributed by atoms with Crippen LogP contribution in [0.4, 0.5) is 0 Å². The fraction of sp³-hybridized carbons (Fsp3) is 0.417. The molecule has 1 aromatic rings. The van der Waals surface area contributed by atoms with Crippen LogP contribution in [0.15, 0.2) is 30.3 Å². The third-order valence-electron chi connectivity index (χ3n) is 2.98. The highest BCUT2D eigenvalue weighted by atomic mass is 35.7. The second-order valence-corrected chi connectivity index (χ2v) is 6.77. The zero-order chi connectivity index (χ0) is 13.9. The van der Waals surface area contributed by atoms with Crippen molar-refractivity contribution >= 4 is 25.9 Å². The number of benzene rings is 1. The molecule has 5 nitrogen and oxygen atoms in total. The zero-order valence-corrected chi connectivity index (χ0v) is 11.7. The summed E-state index contributed by atoms with van der Waals surface area (Å²) in [6.45, 7) is 0.392. The second-order valence-electron chi connectivity index (χ2n) is 4.30. The third-order valence-corrected chi connectivity index (χ3v) is 4.51.